The van der Waals surface area contributed by atoms with Crippen LogP contribution in [0, 0.1) is 5.92 Å². The highest BCUT2D eigenvalue weighted by atomic mass is 35.5. The zero-order valence-electron chi connectivity index (χ0n) is 14.5. The van der Waals surface area contributed by atoms with Crippen molar-refractivity contribution >= 4 is 39.1 Å². The van der Waals surface area contributed by atoms with Crippen molar-refractivity contribution in [2.75, 3.05) is 13.1 Å². The van der Waals surface area contributed by atoms with Gasteiger partial charge in [-0.05, 0) is 42.7 Å². The number of nitrogens with zero attached hydrogens (tertiary/aromatic N) is 1. The number of benzene rings is 1. The summed E-state index contributed by atoms with van der Waals surface area (Å²) in [6, 6.07) is 8.26. The van der Waals surface area contributed by atoms with E-state index in [1.54, 1.807) is 24.3 Å². The Kier molecular flexibility index (Phi) is 6.47. The number of piperidine rings is 1. The molecule has 0 bridgehead atoms. The molecule has 1 amide bonds. The normalized spacial score (nSPS) is 18.4. The Morgan fingerprint density at radius 1 is 1.30 bits per heavy atom. The molecule has 9 heteroatoms. The molecule has 2 heterocycles. The predicted octanol–water partition coefficient (Wildman–Crippen LogP) is 3.44. The summed E-state index contributed by atoms with van der Waals surface area (Å²) < 4.78 is 32.1. The summed E-state index contributed by atoms with van der Waals surface area (Å²) in [5.74, 6) is -0.120. The van der Waals surface area contributed by atoms with Gasteiger partial charge in [-0.3, -0.25) is 4.79 Å². The van der Waals surface area contributed by atoms with Crippen LogP contribution in [0.2, 0.25) is 10.0 Å². The van der Waals surface area contributed by atoms with E-state index in [4.69, 9.17) is 27.6 Å². The van der Waals surface area contributed by atoms with Gasteiger partial charge in [-0.15, -0.1) is 0 Å². The third-order valence-corrected chi connectivity index (χ3v) is 6.90. The van der Waals surface area contributed by atoms with Crippen LogP contribution >= 0.6 is 23.2 Å². The topological polar surface area (TPSA) is 79.6 Å². The van der Waals surface area contributed by atoms with E-state index >= 15 is 0 Å². The van der Waals surface area contributed by atoms with Gasteiger partial charge >= 0.3 is 0 Å². The molecule has 3 rings (SSSR count). The van der Waals surface area contributed by atoms with Crippen molar-refractivity contribution in [2.24, 2.45) is 5.92 Å². The van der Waals surface area contributed by atoms with E-state index in [-0.39, 0.29) is 30.7 Å². The molecular weight excluding hydrogens is 411 g/mol. The second-order valence-electron chi connectivity index (χ2n) is 6.49. The van der Waals surface area contributed by atoms with E-state index in [0.29, 0.717) is 40.8 Å². The highest BCUT2D eigenvalue weighted by molar-refractivity contribution is 7.88. The number of furan rings is 1. The molecule has 0 aliphatic carbocycles. The number of sulfonamides is 1. The lowest BCUT2D eigenvalue weighted by Gasteiger charge is -2.31. The average Bonchev–Trinajstić information content (AvgIpc) is 3.16. The van der Waals surface area contributed by atoms with Crippen LogP contribution in [0.4, 0.5) is 0 Å². The maximum absolute atomic E-state index is 12.8. The maximum atomic E-state index is 12.8. The number of nitrogens with one attached hydrogen (secondary N) is 1. The molecule has 27 heavy (non-hydrogen) atoms. The Labute approximate surface area is 168 Å². The summed E-state index contributed by atoms with van der Waals surface area (Å²) >= 11 is 12.0. The fourth-order valence-electron chi connectivity index (χ4n) is 3.07. The number of amides is 1. The van der Waals surface area contributed by atoms with E-state index in [1.807, 2.05) is 0 Å². The fraction of sp³-hybridized carbons (Fsp3) is 0.389. The minimum Gasteiger partial charge on any atom is -0.467 e. The van der Waals surface area contributed by atoms with Crippen LogP contribution < -0.4 is 5.32 Å². The quantitative estimate of drug-likeness (QED) is 0.760. The van der Waals surface area contributed by atoms with Gasteiger partial charge in [-0.25, -0.2) is 12.7 Å². The van der Waals surface area contributed by atoms with Crippen LogP contribution in [-0.2, 0) is 27.1 Å². The van der Waals surface area contributed by atoms with E-state index in [2.05, 4.69) is 5.32 Å². The van der Waals surface area contributed by atoms with Crippen LogP contribution in [0.15, 0.2) is 41.0 Å². The molecule has 146 valence electrons. The van der Waals surface area contributed by atoms with Crippen molar-refractivity contribution < 1.29 is 17.6 Å². The van der Waals surface area contributed by atoms with Gasteiger partial charge in [0.15, 0.2) is 0 Å². The SMILES string of the molecule is O=C(NCc1ccco1)[C@H]1CCCN(S(=O)(=O)Cc2ccc(Cl)cc2Cl)C1. The highest BCUT2D eigenvalue weighted by Gasteiger charge is 2.32. The van der Waals surface area contributed by atoms with Crippen LogP contribution in [0.1, 0.15) is 24.2 Å². The van der Waals surface area contributed by atoms with Crippen LogP contribution in [0.25, 0.3) is 0 Å². The average molecular weight is 431 g/mol. The lowest BCUT2D eigenvalue weighted by Crippen LogP contribution is -2.45. The molecule has 1 aliphatic rings. The van der Waals surface area contributed by atoms with Crippen molar-refractivity contribution in [1.29, 1.82) is 0 Å². The van der Waals surface area contributed by atoms with E-state index in [0.717, 1.165) is 0 Å². The summed E-state index contributed by atoms with van der Waals surface area (Å²) in [6.45, 7) is 0.850. The standard InChI is InChI=1S/C18H20Cl2N2O4S/c19-15-6-5-14(17(20)9-15)12-27(24,25)22-7-1-3-13(11-22)18(23)21-10-16-4-2-8-26-16/h2,4-6,8-9,13H,1,3,7,10-12H2,(H,21,23)/t13-/m0/s1. The molecule has 0 radical (unpaired) electrons. The van der Waals surface area contributed by atoms with Crippen LogP contribution in [-0.4, -0.2) is 31.7 Å². The number of carbonyl (C=O) groups excluding carboxylic acids is 1. The Morgan fingerprint density at radius 3 is 2.81 bits per heavy atom. The van der Waals surface area contributed by atoms with Gasteiger partial charge in [0.2, 0.25) is 15.9 Å². The number of hydrogen-bond donors (Lipinski definition) is 1. The van der Waals surface area contributed by atoms with Crippen molar-refractivity contribution in [3.8, 4) is 0 Å². The number of rotatable bonds is 6. The van der Waals surface area contributed by atoms with E-state index in [1.165, 1.54) is 16.6 Å². The predicted molar refractivity (Wildman–Crippen MR) is 104 cm³/mol. The van der Waals surface area contributed by atoms with Crippen LogP contribution in [0.3, 0.4) is 0 Å². The zero-order chi connectivity index (χ0) is 19.4. The molecule has 1 fully saturated rings. The van der Waals surface area contributed by atoms with Crippen molar-refractivity contribution in [3.63, 3.8) is 0 Å². The molecular formula is C18H20Cl2N2O4S. The van der Waals surface area contributed by atoms with E-state index in [9.17, 15) is 13.2 Å². The number of carbonyl (C=O) groups is 1. The van der Waals surface area contributed by atoms with Crippen LogP contribution in [0.5, 0.6) is 0 Å². The van der Waals surface area contributed by atoms with Gasteiger partial charge in [0.05, 0.1) is 24.5 Å². The third-order valence-electron chi connectivity index (χ3n) is 4.52. The second kappa shape index (κ2) is 8.65. The first-order chi connectivity index (χ1) is 12.8. The molecule has 1 aromatic carbocycles. The van der Waals surface area contributed by atoms with Crippen molar-refractivity contribution in [2.45, 2.75) is 25.1 Å². The minimum atomic E-state index is -3.59. The molecule has 1 aromatic heterocycles. The Bertz CT molecular complexity index is 900. The Balaban J connectivity index is 1.62. The van der Waals surface area contributed by atoms with Gasteiger partial charge in [-0.2, -0.15) is 0 Å². The number of hydrogen-bond acceptors (Lipinski definition) is 4. The molecule has 1 saturated heterocycles. The van der Waals surface area contributed by atoms with Gasteiger partial charge in [0.25, 0.3) is 0 Å². The van der Waals surface area contributed by atoms with Gasteiger partial charge in [-0.1, -0.05) is 29.3 Å². The van der Waals surface area contributed by atoms with Gasteiger partial charge < -0.3 is 9.73 Å². The molecule has 2 aromatic rings. The first kappa shape index (κ1) is 20.2. The van der Waals surface area contributed by atoms with Gasteiger partial charge in [0, 0.05) is 23.1 Å². The third kappa shape index (κ3) is 5.25. The Hall–Kier alpha value is -1.54. The maximum Gasteiger partial charge on any atom is 0.224 e. The van der Waals surface area contributed by atoms with Crippen molar-refractivity contribution in [1.82, 2.24) is 9.62 Å². The number of halogens is 2. The monoisotopic (exact) mass is 430 g/mol. The first-order valence-corrected chi connectivity index (χ1v) is 10.9. The minimum absolute atomic E-state index is 0.164. The molecule has 1 aliphatic heterocycles. The molecule has 0 unspecified atom stereocenters. The lowest BCUT2D eigenvalue weighted by atomic mass is 9.99. The molecule has 0 saturated carbocycles. The summed E-state index contributed by atoms with van der Waals surface area (Å²) in [5.41, 5.74) is 0.491. The first-order valence-electron chi connectivity index (χ1n) is 8.57. The van der Waals surface area contributed by atoms with Gasteiger partial charge in [0.1, 0.15) is 5.76 Å². The smallest absolute Gasteiger partial charge is 0.224 e. The zero-order valence-corrected chi connectivity index (χ0v) is 16.9. The molecule has 1 N–H and O–H groups in total. The largest absolute Gasteiger partial charge is 0.467 e. The lowest BCUT2D eigenvalue weighted by molar-refractivity contribution is -0.126. The second-order valence-corrected chi connectivity index (χ2v) is 9.30. The fourth-order valence-corrected chi connectivity index (χ4v) is 5.26. The Morgan fingerprint density at radius 2 is 2.11 bits per heavy atom. The summed E-state index contributed by atoms with van der Waals surface area (Å²) in [4.78, 5) is 12.4. The molecule has 0 spiro atoms. The summed E-state index contributed by atoms with van der Waals surface area (Å²) in [6.07, 6.45) is 2.82. The molecule has 1 atom stereocenters. The summed E-state index contributed by atoms with van der Waals surface area (Å²) in [7, 11) is -3.59. The molecule has 6 nitrogen and oxygen atoms in total. The van der Waals surface area contributed by atoms with E-state index < -0.39 is 10.0 Å². The highest BCUT2D eigenvalue weighted by Crippen LogP contribution is 2.26. The van der Waals surface area contributed by atoms with Crippen molar-refractivity contribution in [3.05, 3.63) is 58.0 Å². The summed E-state index contributed by atoms with van der Waals surface area (Å²) in [5, 5.41) is 3.57.